The number of hydrogen-bond acceptors (Lipinski definition) is 1. The Morgan fingerprint density at radius 3 is 2.35 bits per heavy atom. The SMILES string of the molecule is CC(C)C[C@@H](NC(=O)CCc1ccccc1Cl)c1ccccc1. The second-order valence-electron chi connectivity index (χ2n) is 6.25. The number of carbonyl (C=O) groups excluding carboxylic acids is 1. The van der Waals surface area contributed by atoms with Crippen LogP contribution in [0.4, 0.5) is 0 Å². The molecule has 0 aliphatic heterocycles. The van der Waals surface area contributed by atoms with Crippen molar-refractivity contribution in [1.82, 2.24) is 5.32 Å². The second-order valence-corrected chi connectivity index (χ2v) is 6.66. The number of carbonyl (C=O) groups is 1. The standard InChI is InChI=1S/C20H24ClNO/c1-15(2)14-19(17-9-4-3-5-10-17)22-20(23)13-12-16-8-6-7-11-18(16)21/h3-11,15,19H,12-14H2,1-2H3,(H,22,23)/t19-/m1/s1. The third-order valence-electron chi connectivity index (χ3n) is 3.82. The highest BCUT2D eigenvalue weighted by molar-refractivity contribution is 6.31. The Morgan fingerprint density at radius 2 is 1.70 bits per heavy atom. The average Bonchev–Trinajstić information content (AvgIpc) is 2.54. The van der Waals surface area contributed by atoms with E-state index >= 15 is 0 Å². The Kier molecular flexibility index (Phi) is 6.66. The van der Waals surface area contributed by atoms with Gasteiger partial charge in [0, 0.05) is 11.4 Å². The van der Waals surface area contributed by atoms with Gasteiger partial charge in [-0.15, -0.1) is 0 Å². The third-order valence-corrected chi connectivity index (χ3v) is 4.19. The van der Waals surface area contributed by atoms with Crippen LogP contribution in [-0.4, -0.2) is 5.91 Å². The molecule has 0 aromatic heterocycles. The summed E-state index contributed by atoms with van der Waals surface area (Å²) in [6.07, 6.45) is 2.04. The van der Waals surface area contributed by atoms with Crippen LogP contribution < -0.4 is 5.32 Å². The largest absolute Gasteiger partial charge is 0.349 e. The maximum absolute atomic E-state index is 12.3. The highest BCUT2D eigenvalue weighted by Gasteiger charge is 2.16. The molecule has 0 saturated heterocycles. The van der Waals surface area contributed by atoms with E-state index in [0.717, 1.165) is 22.6 Å². The van der Waals surface area contributed by atoms with E-state index in [1.165, 1.54) is 0 Å². The summed E-state index contributed by atoms with van der Waals surface area (Å²) in [7, 11) is 0. The van der Waals surface area contributed by atoms with Crippen LogP contribution in [0.25, 0.3) is 0 Å². The first-order valence-corrected chi connectivity index (χ1v) is 8.51. The molecule has 0 spiro atoms. The van der Waals surface area contributed by atoms with Gasteiger partial charge in [-0.2, -0.15) is 0 Å². The zero-order chi connectivity index (χ0) is 16.7. The number of hydrogen-bond donors (Lipinski definition) is 1. The van der Waals surface area contributed by atoms with E-state index in [9.17, 15) is 4.79 Å². The quantitative estimate of drug-likeness (QED) is 0.745. The van der Waals surface area contributed by atoms with E-state index in [4.69, 9.17) is 11.6 Å². The molecule has 1 N–H and O–H groups in total. The normalized spacial score (nSPS) is 12.2. The predicted octanol–water partition coefficient (Wildman–Crippen LogP) is 5.18. The third kappa shape index (κ3) is 5.72. The van der Waals surface area contributed by atoms with Crippen molar-refractivity contribution in [2.24, 2.45) is 5.92 Å². The molecule has 1 amide bonds. The van der Waals surface area contributed by atoms with Crippen LogP contribution in [-0.2, 0) is 11.2 Å². The molecule has 122 valence electrons. The summed E-state index contributed by atoms with van der Waals surface area (Å²) in [5.41, 5.74) is 2.18. The zero-order valence-electron chi connectivity index (χ0n) is 13.8. The number of rotatable bonds is 7. The van der Waals surface area contributed by atoms with Gasteiger partial charge in [-0.3, -0.25) is 4.79 Å². The lowest BCUT2D eigenvalue weighted by Gasteiger charge is -2.21. The fourth-order valence-electron chi connectivity index (χ4n) is 2.65. The lowest BCUT2D eigenvalue weighted by molar-refractivity contribution is -0.121. The average molecular weight is 330 g/mol. The molecule has 2 rings (SSSR count). The van der Waals surface area contributed by atoms with Gasteiger partial charge in [0.2, 0.25) is 5.91 Å². The van der Waals surface area contributed by atoms with E-state index in [0.29, 0.717) is 18.8 Å². The first kappa shape index (κ1) is 17.6. The molecule has 0 aliphatic rings. The van der Waals surface area contributed by atoms with Crippen molar-refractivity contribution in [3.63, 3.8) is 0 Å². The molecule has 0 unspecified atom stereocenters. The van der Waals surface area contributed by atoms with Crippen LogP contribution in [0.3, 0.4) is 0 Å². The van der Waals surface area contributed by atoms with Gasteiger partial charge in [0.25, 0.3) is 0 Å². The molecule has 0 heterocycles. The molecule has 0 saturated carbocycles. The first-order valence-electron chi connectivity index (χ1n) is 8.14. The van der Waals surface area contributed by atoms with Gasteiger partial charge < -0.3 is 5.32 Å². The van der Waals surface area contributed by atoms with Crippen molar-refractivity contribution in [2.45, 2.75) is 39.2 Å². The number of nitrogens with one attached hydrogen (secondary N) is 1. The second kappa shape index (κ2) is 8.73. The van der Waals surface area contributed by atoms with Crippen molar-refractivity contribution in [3.8, 4) is 0 Å². The summed E-state index contributed by atoms with van der Waals surface area (Å²) >= 11 is 6.15. The fraction of sp³-hybridized carbons (Fsp3) is 0.350. The summed E-state index contributed by atoms with van der Waals surface area (Å²) in [4.78, 5) is 12.3. The summed E-state index contributed by atoms with van der Waals surface area (Å²) < 4.78 is 0. The van der Waals surface area contributed by atoms with Crippen LogP contribution in [0.15, 0.2) is 54.6 Å². The van der Waals surface area contributed by atoms with Crippen LogP contribution in [0, 0.1) is 5.92 Å². The predicted molar refractivity (Wildman–Crippen MR) is 96.6 cm³/mol. The van der Waals surface area contributed by atoms with Gasteiger partial charge in [-0.05, 0) is 36.0 Å². The summed E-state index contributed by atoms with van der Waals surface area (Å²) in [6.45, 7) is 4.34. The molecular weight excluding hydrogens is 306 g/mol. The van der Waals surface area contributed by atoms with Gasteiger partial charge >= 0.3 is 0 Å². The van der Waals surface area contributed by atoms with Crippen LogP contribution in [0.5, 0.6) is 0 Å². The molecule has 0 bridgehead atoms. The number of amides is 1. The lowest BCUT2D eigenvalue weighted by atomic mass is 9.96. The van der Waals surface area contributed by atoms with Crippen molar-refractivity contribution < 1.29 is 4.79 Å². The number of benzene rings is 2. The van der Waals surface area contributed by atoms with Gasteiger partial charge in [-0.25, -0.2) is 0 Å². The molecule has 0 fully saturated rings. The minimum absolute atomic E-state index is 0.0648. The van der Waals surface area contributed by atoms with E-state index in [-0.39, 0.29) is 11.9 Å². The topological polar surface area (TPSA) is 29.1 Å². The van der Waals surface area contributed by atoms with Crippen LogP contribution in [0.2, 0.25) is 5.02 Å². The molecule has 2 aromatic carbocycles. The molecule has 0 radical (unpaired) electrons. The van der Waals surface area contributed by atoms with E-state index in [1.54, 1.807) is 0 Å². The number of halogens is 1. The van der Waals surface area contributed by atoms with Gasteiger partial charge in [0.15, 0.2) is 0 Å². The Morgan fingerprint density at radius 1 is 1.04 bits per heavy atom. The Balaban J connectivity index is 1.96. The van der Waals surface area contributed by atoms with Crippen molar-refractivity contribution >= 4 is 17.5 Å². The monoisotopic (exact) mass is 329 g/mol. The van der Waals surface area contributed by atoms with Gasteiger partial charge in [0.05, 0.1) is 6.04 Å². The van der Waals surface area contributed by atoms with Crippen molar-refractivity contribution in [1.29, 1.82) is 0 Å². The summed E-state index contributed by atoms with van der Waals surface area (Å²) in [5, 5.41) is 3.90. The Hall–Kier alpha value is -1.80. The minimum Gasteiger partial charge on any atom is -0.349 e. The Labute approximate surface area is 143 Å². The van der Waals surface area contributed by atoms with E-state index < -0.39 is 0 Å². The summed E-state index contributed by atoms with van der Waals surface area (Å²) in [5.74, 6) is 0.587. The maximum Gasteiger partial charge on any atom is 0.220 e. The van der Waals surface area contributed by atoms with Gasteiger partial charge in [0.1, 0.15) is 0 Å². The molecule has 23 heavy (non-hydrogen) atoms. The van der Waals surface area contributed by atoms with Crippen LogP contribution in [0.1, 0.15) is 43.9 Å². The molecular formula is C20H24ClNO. The van der Waals surface area contributed by atoms with Crippen molar-refractivity contribution in [2.75, 3.05) is 0 Å². The molecule has 2 aromatic rings. The Bertz CT molecular complexity index is 625. The minimum atomic E-state index is 0.0648. The van der Waals surface area contributed by atoms with Crippen molar-refractivity contribution in [3.05, 3.63) is 70.7 Å². The highest BCUT2D eigenvalue weighted by atomic mass is 35.5. The first-order chi connectivity index (χ1) is 11.1. The lowest BCUT2D eigenvalue weighted by Crippen LogP contribution is -2.29. The van der Waals surface area contributed by atoms with Crippen LogP contribution >= 0.6 is 11.6 Å². The highest BCUT2D eigenvalue weighted by Crippen LogP contribution is 2.22. The fourth-order valence-corrected chi connectivity index (χ4v) is 2.88. The molecule has 2 nitrogen and oxygen atoms in total. The maximum atomic E-state index is 12.3. The number of aryl methyl sites for hydroxylation is 1. The molecule has 3 heteroatoms. The zero-order valence-corrected chi connectivity index (χ0v) is 14.5. The molecule has 0 aliphatic carbocycles. The van der Waals surface area contributed by atoms with E-state index in [1.807, 2.05) is 42.5 Å². The molecule has 1 atom stereocenters. The van der Waals surface area contributed by atoms with Gasteiger partial charge in [-0.1, -0.05) is 74.0 Å². The van der Waals surface area contributed by atoms with E-state index in [2.05, 4.69) is 31.3 Å². The smallest absolute Gasteiger partial charge is 0.220 e. The summed E-state index contributed by atoms with van der Waals surface area (Å²) in [6, 6.07) is 17.9.